The Morgan fingerprint density at radius 2 is 1.55 bits per heavy atom. The summed E-state index contributed by atoms with van der Waals surface area (Å²) in [5, 5.41) is 5.60. The van der Waals surface area contributed by atoms with Gasteiger partial charge in [0.05, 0.1) is 4.90 Å². The molecular weight excluding hydrogens is 414 g/mol. The lowest BCUT2D eigenvalue weighted by Crippen LogP contribution is -2.30. The molecule has 0 fully saturated rings. The summed E-state index contributed by atoms with van der Waals surface area (Å²) in [4.78, 5) is 24.7. The zero-order valence-corrected chi connectivity index (χ0v) is 19.8. The summed E-state index contributed by atoms with van der Waals surface area (Å²) < 4.78 is 27.2. The summed E-state index contributed by atoms with van der Waals surface area (Å²) in [6.07, 6.45) is 0. The third-order valence-corrected chi connectivity index (χ3v) is 7.20. The van der Waals surface area contributed by atoms with Gasteiger partial charge in [0.25, 0.3) is 5.91 Å². The average molecular weight is 446 g/mol. The zero-order valence-electron chi connectivity index (χ0n) is 18.9. The molecule has 0 aliphatic rings. The molecule has 2 aromatic rings. The number of benzene rings is 2. The number of rotatable bonds is 8. The highest BCUT2D eigenvalue weighted by molar-refractivity contribution is 7.89. The van der Waals surface area contributed by atoms with Crippen molar-refractivity contribution < 1.29 is 18.0 Å². The molecule has 0 spiro atoms. The maximum Gasteiger partial charge on any atom is 0.255 e. The van der Waals surface area contributed by atoms with Gasteiger partial charge in [-0.3, -0.25) is 9.59 Å². The Kier molecular flexibility index (Phi) is 7.97. The van der Waals surface area contributed by atoms with Gasteiger partial charge in [-0.25, -0.2) is 8.42 Å². The molecule has 2 amide bonds. The van der Waals surface area contributed by atoms with Gasteiger partial charge in [0.2, 0.25) is 15.9 Å². The lowest BCUT2D eigenvalue weighted by molar-refractivity contribution is -0.118. The van der Waals surface area contributed by atoms with Gasteiger partial charge < -0.3 is 10.6 Å². The van der Waals surface area contributed by atoms with Gasteiger partial charge in [0, 0.05) is 35.9 Å². The molecule has 0 saturated heterocycles. The molecule has 0 saturated carbocycles. The average Bonchev–Trinajstić information content (AvgIpc) is 2.72. The fourth-order valence-corrected chi connectivity index (χ4v) is 4.57. The minimum atomic E-state index is -3.65. The smallest absolute Gasteiger partial charge is 0.255 e. The number of carbonyl (C=O) groups excluding carboxylic acids is 2. The Balaban J connectivity index is 2.29. The Morgan fingerprint density at radius 1 is 0.968 bits per heavy atom. The van der Waals surface area contributed by atoms with Crippen LogP contribution in [-0.4, -0.2) is 37.6 Å². The molecule has 7 nitrogen and oxygen atoms in total. The van der Waals surface area contributed by atoms with Gasteiger partial charge >= 0.3 is 0 Å². The van der Waals surface area contributed by atoms with Gasteiger partial charge in [0.1, 0.15) is 0 Å². The van der Waals surface area contributed by atoms with E-state index < -0.39 is 10.0 Å². The van der Waals surface area contributed by atoms with Crippen LogP contribution in [0.5, 0.6) is 0 Å². The van der Waals surface area contributed by atoms with Crippen LogP contribution in [-0.2, 0) is 14.8 Å². The first kappa shape index (κ1) is 24.6. The topological polar surface area (TPSA) is 95.6 Å². The van der Waals surface area contributed by atoms with Crippen molar-refractivity contribution in [3.8, 4) is 0 Å². The molecule has 0 radical (unpaired) electrons. The minimum Gasteiger partial charge on any atom is -0.326 e. The Morgan fingerprint density at radius 3 is 2.06 bits per heavy atom. The highest BCUT2D eigenvalue weighted by atomic mass is 32.2. The summed E-state index contributed by atoms with van der Waals surface area (Å²) in [5.41, 5.74) is 3.03. The van der Waals surface area contributed by atoms with Crippen LogP contribution in [0.3, 0.4) is 0 Å². The van der Waals surface area contributed by atoms with E-state index in [1.807, 2.05) is 13.8 Å². The highest BCUT2D eigenvalue weighted by Gasteiger charge is 2.23. The number of carbonyl (C=O) groups is 2. The van der Waals surface area contributed by atoms with E-state index in [0.29, 0.717) is 30.0 Å². The van der Waals surface area contributed by atoms with Crippen molar-refractivity contribution in [3.63, 3.8) is 0 Å². The fraction of sp³-hybridized carbons (Fsp3) is 0.391. The van der Waals surface area contributed by atoms with Crippen molar-refractivity contribution >= 4 is 33.2 Å². The number of aryl methyl sites for hydroxylation is 1. The predicted molar refractivity (Wildman–Crippen MR) is 124 cm³/mol. The number of nitrogens with zero attached hydrogens (tertiary/aromatic N) is 1. The molecule has 0 atom stereocenters. The molecule has 2 rings (SSSR count). The van der Waals surface area contributed by atoms with Crippen molar-refractivity contribution in [1.29, 1.82) is 0 Å². The minimum absolute atomic E-state index is 0.102. The molecule has 8 heteroatoms. The summed E-state index contributed by atoms with van der Waals surface area (Å²) in [6, 6.07) is 9.69. The van der Waals surface area contributed by atoms with Crippen molar-refractivity contribution in [3.05, 3.63) is 53.1 Å². The normalized spacial score (nSPS) is 11.6. The van der Waals surface area contributed by atoms with E-state index in [2.05, 4.69) is 10.6 Å². The molecule has 2 aromatic carbocycles. The summed E-state index contributed by atoms with van der Waals surface area (Å²) in [6.45, 7) is 11.6. The van der Waals surface area contributed by atoms with Gasteiger partial charge in [-0.1, -0.05) is 27.7 Å². The van der Waals surface area contributed by atoms with Crippen LogP contribution in [0.15, 0.2) is 41.3 Å². The quantitative estimate of drug-likeness (QED) is 0.637. The monoisotopic (exact) mass is 445 g/mol. The molecule has 0 aromatic heterocycles. The first-order valence-electron chi connectivity index (χ1n) is 10.3. The fourth-order valence-electron chi connectivity index (χ4n) is 3.00. The molecule has 2 N–H and O–H groups in total. The molecule has 0 unspecified atom stereocenters. The van der Waals surface area contributed by atoms with E-state index in [-0.39, 0.29) is 22.6 Å². The van der Waals surface area contributed by atoms with Crippen molar-refractivity contribution in [2.75, 3.05) is 23.7 Å². The second kappa shape index (κ2) is 10.1. The van der Waals surface area contributed by atoms with Crippen molar-refractivity contribution in [2.45, 2.75) is 46.4 Å². The first-order valence-corrected chi connectivity index (χ1v) is 11.8. The summed E-state index contributed by atoms with van der Waals surface area (Å²) in [5.74, 6) is -0.606. The van der Waals surface area contributed by atoms with E-state index in [1.165, 1.54) is 10.4 Å². The maximum absolute atomic E-state index is 12.9. The number of amides is 2. The van der Waals surface area contributed by atoms with Crippen LogP contribution < -0.4 is 10.6 Å². The SMILES string of the molecule is CCN(CC)S(=O)(=O)c1cc(C)c(C)c(NC(=O)c2ccc(NC(=O)C(C)C)cc2)c1. The molecule has 0 aliphatic carbocycles. The second-order valence-corrected chi connectivity index (χ2v) is 9.62. The van der Waals surface area contributed by atoms with E-state index in [1.54, 1.807) is 58.0 Å². The zero-order chi connectivity index (χ0) is 23.3. The Hall–Kier alpha value is -2.71. The van der Waals surface area contributed by atoms with Crippen molar-refractivity contribution in [1.82, 2.24) is 4.31 Å². The van der Waals surface area contributed by atoms with Crippen LogP contribution in [0.25, 0.3) is 0 Å². The molecule has 31 heavy (non-hydrogen) atoms. The highest BCUT2D eigenvalue weighted by Crippen LogP contribution is 2.27. The lowest BCUT2D eigenvalue weighted by atomic mass is 10.1. The second-order valence-electron chi connectivity index (χ2n) is 7.68. The van der Waals surface area contributed by atoms with Crippen LogP contribution in [0.1, 0.15) is 49.2 Å². The third kappa shape index (κ3) is 5.71. The van der Waals surface area contributed by atoms with Gasteiger partial charge in [-0.05, 0) is 61.4 Å². The van der Waals surface area contributed by atoms with E-state index in [0.717, 1.165) is 11.1 Å². The number of nitrogens with one attached hydrogen (secondary N) is 2. The Bertz CT molecular complexity index is 1060. The van der Waals surface area contributed by atoms with Gasteiger partial charge in [-0.2, -0.15) is 4.31 Å². The van der Waals surface area contributed by atoms with Crippen molar-refractivity contribution in [2.24, 2.45) is 5.92 Å². The van der Waals surface area contributed by atoms with E-state index >= 15 is 0 Å². The van der Waals surface area contributed by atoms with Crippen LogP contribution >= 0.6 is 0 Å². The van der Waals surface area contributed by atoms with E-state index in [4.69, 9.17) is 0 Å². The molecule has 0 bridgehead atoms. The molecule has 0 aliphatic heterocycles. The number of hydrogen-bond donors (Lipinski definition) is 2. The molecule has 168 valence electrons. The van der Waals surface area contributed by atoms with Crippen LogP contribution in [0, 0.1) is 19.8 Å². The number of hydrogen-bond acceptors (Lipinski definition) is 4. The third-order valence-electron chi connectivity index (χ3n) is 5.17. The number of anilines is 2. The van der Waals surface area contributed by atoms with Gasteiger partial charge in [0.15, 0.2) is 0 Å². The predicted octanol–water partition coefficient (Wildman–Crippen LogP) is 4.18. The molecular formula is C23H31N3O4S. The van der Waals surface area contributed by atoms with Gasteiger partial charge in [-0.15, -0.1) is 0 Å². The molecule has 0 heterocycles. The Labute approximate surface area is 184 Å². The standard InChI is InChI=1S/C23H31N3O4S/c1-7-26(8-2)31(29,30)20-13-16(5)17(6)21(14-20)25-23(28)18-9-11-19(12-10-18)24-22(27)15(3)4/h9-15H,7-8H2,1-6H3,(H,24,27)(H,25,28). The first-order chi connectivity index (χ1) is 14.5. The summed E-state index contributed by atoms with van der Waals surface area (Å²) >= 11 is 0. The number of sulfonamides is 1. The van der Waals surface area contributed by atoms with Crippen LogP contribution in [0.2, 0.25) is 0 Å². The van der Waals surface area contributed by atoms with Crippen LogP contribution in [0.4, 0.5) is 11.4 Å². The lowest BCUT2D eigenvalue weighted by Gasteiger charge is -2.20. The largest absolute Gasteiger partial charge is 0.326 e. The van der Waals surface area contributed by atoms with E-state index in [9.17, 15) is 18.0 Å². The summed E-state index contributed by atoms with van der Waals surface area (Å²) in [7, 11) is -3.65. The maximum atomic E-state index is 12.9.